The Morgan fingerprint density at radius 1 is 1.15 bits per heavy atom. The minimum absolute atomic E-state index is 0.334. The van der Waals surface area contributed by atoms with Crippen LogP contribution < -0.4 is 0 Å². The molecule has 0 heterocycles. The highest BCUT2D eigenvalue weighted by Gasteiger charge is 2.28. The third-order valence-corrected chi connectivity index (χ3v) is 4.37. The molecule has 0 fully saturated rings. The van der Waals surface area contributed by atoms with Gasteiger partial charge in [-0.2, -0.15) is 0 Å². The Bertz CT molecular complexity index is 255. The average molecular weight is 254 g/mol. The lowest BCUT2D eigenvalue weighted by molar-refractivity contribution is 0.859. The highest BCUT2D eigenvalue weighted by Crippen LogP contribution is 2.33. The summed E-state index contributed by atoms with van der Waals surface area (Å²) in [6, 6.07) is 8.33. The zero-order valence-corrected chi connectivity index (χ0v) is 10.6. The van der Waals surface area contributed by atoms with Crippen LogP contribution in [0.1, 0.15) is 18.4 Å². The van der Waals surface area contributed by atoms with Crippen molar-refractivity contribution < 1.29 is 0 Å². The first-order valence-corrected chi connectivity index (χ1v) is 9.35. The largest absolute Gasteiger partial charge is 0.342 e. The second-order valence-electron chi connectivity index (χ2n) is 3.13. The molecule has 1 aromatic carbocycles. The van der Waals surface area contributed by atoms with E-state index in [0.29, 0.717) is 12.0 Å². The third-order valence-electron chi connectivity index (χ3n) is 1.91. The van der Waals surface area contributed by atoms with Gasteiger partial charge < -0.3 is 0 Å². The maximum atomic E-state index is 5.85. The number of halogens is 3. The van der Waals surface area contributed by atoms with E-state index in [9.17, 15) is 0 Å². The summed E-state index contributed by atoms with van der Waals surface area (Å²) in [6.07, 6.45) is 0. The molecule has 0 amide bonds. The number of benzene rings is 1. The van der Waals surface area contributed by atoms with Crippen molar-refractivity contribution in [2.45, 2.75) is 18.9 Å². The highest BCUT2D eigenvalue weighted by atomic mass is 35.8. The van der Waals surface area contributed by atoms with Gasteiger partial charge in [0, 0.05) is 0 Å². The second kappa shape index (κ2) is 4.69. The van der Waals surface area contributed by atoms with E-state index in [4.69, 9.17) is 33.2 Å². The van der Waals surface area contributed by atoms with Crippen molar-refractivity contribution in [2.24, 2.45) is 0 Å². The van der Waals surface area contributed by atoms with Crippen molar-refractivity contribution in [1.29, 1.82) is 0 Å². The van der Waals surface area contributed by atoms with E-state index in [1.54, 1.807) is 0 Å². The van der Waals surface area contributed by atoms with E-state index in [1.165, 1.54) is 5.56 Å². The number of rotatable bonds is 3. The van der Waals surface area contributed by atoms with Crippen LogP contribution in [-0.4, -0.2) is 6.00 Å². The monoisotopic (exact) mass is 252 g/mol. The molecule has 0 saturated carbocycles. The van der Waals surface area contributed by atoms with Gasteiger partial charge in [-0.3, -0.25) is 0 Å². The van der Waals surface area contributed by atoms with Crippen LogP contribution in [0.5, 0.6) is 0 Å². The van der Waals surface area contributed by atoms with Gasteiger partial charge in [-0.05, 0) is 17.5 Å². The predicted octanol–water partition coefficient (Wildman–Crippen LogP) is 4.45. The normalized spacial score (nSPS) is 14.2. The van der Waals surface area contributed by atoms with Crippen LogP contribution in [0.3, 0.4) is 0 Å². The number of hydrogen-bond acceptors (Lipinski definition) is 0. The molecule has 0 aliphatic rings. The van der Waals surface area contributed by atoms with Gasteiger partial charge in [0.1, 0.15) is 0 Å². The van der Waals surface area contributed by atoms with Crippen LogP contribution >= 0.6 is 33.2 Å². The Morgan fingerprint density at radius 3 is 2.15 bits per heavy atom. The van der Waals surface area contributed by atoms with Crippen molar-refractivity contribution in [3.63, 3.8) is 0 Å². The van der Waals surface area contributed by atoms with E-state index in [1.807, 2.05) is 18.2 Å². The lowest BCUT2D eigenvalue weighted by atomic mass is 10.0. The van der Waals surface area contributed by atoms with Gasteiger partial charge in [-0.15, -0.1) is 33.2 Å². The summed E-state index contributed by atoms with van der Waals surface area (Å²) >= 11 is 17.5. The smallest absolute Gasteiger partial charge is 0.126 e. The molecule has 0 spiro atoms. The molecule has 1 aromatic rings. The molecular formula is C9H11Cl3Si. The molecule has 0 saturated heterocycles. The molecule has 0 bridgehead atoms. The molecule has 0 aromatic heterocycles. The Morgan fingerprint density at radius 2 is 1.69 bits per heavy atom. The maximum absolute atomic E-state index is 5.85. The lowest BCUT2D eigenvalue weighted by Crippen LogP contribution is -2.12. The predicted molar refractivity (Wildman–Crippen MR) is 63.0 cm³/mol. The Balaban J connectivity index is 2.64. The van der Waals surface area contributed by atoms with Crippen molar-refractivity contribution in [2.75, 3.05) is 0 Å². The lowest BCUT2D eigenvalue weighted by Gasteiger charge is -2.15. The molecule has 0 N–H and O–H groups in total. The van der Waals surface area contributed by atoms with Crippen LogP contribution in [0.25, 0.3) is 0 Å². The van der Waals surface area contributed by atoms with Crippen LogP contribution in [0.15, 0.2) is 30.3 Å². The van der Waals surface area contributed by atoms with Gasteiger partial charge in [0.2, 0.25) is 0 Å². The summed E-state index contributed by atoms with van der Waals surface area (Å²) in [4.78, 5) is 0. The molecular weight excluding hydrogens is 243 g/mol. The van der Waals surface area contributed by atoms with E-state index in [0.717, 1.165) is 0 Å². The van der Waals surface area contributed by atoms with Crippen LogP contribution in [0.4, 0.5) is 0 Å². The average Bonchev–Trinajstić information content (AvgIpc) is 2.03. The Hall–Kier alpha value is 0.307. The molecule has 4 heteroatoms. The highest BCUT2D eigenvalue weighted by molar-refractivity contribution is 7.64. The van der Waals surface area contributed by atoms with Gasteiger partial charge in [-0.25, -0.2) is 0 Å². The summed E-state index contributed by atoms with van der Waals surface area (Å²) in [5.41, 5.74) is 1.24. The van der Waals surface area contributed by atoms with Crippen LogP contribution in [0.2, 0.25) is 6.04 Å². The van der Waals surface area contributed by atoms with E-state index in [-0.39, 0.29) is 0 Å². The third kappa shape index (κ3) is 4.36. The van der Waals surface area contributed by atoms with E-state index < -0.39 is 6.00 Å². The Labute approximate surface area is 93.9 Å². The summed E-state index contributed by atoms with van der Waals surface area (Å²) in [6.45, 7) is 2.09. The minimum Gasteiger partial charge on any atom is -0.126 e. The quantitative estimate of drug-likeness (QED) is 0.552. The fourth-order valence-corrected chi connectivity index (χ4v) is 4.26. The SMILES string of the molecule is C[C@@H](C[Si](Cl)(Cl)Cl)c1ccccc1. The standard InChI is InChI=1S/C9H11Cl3Si/c1-8(7-13(10,11)12)9-5-3-2-4-6-9/h2-6,8H,7H2,1H3/t8-/m0/s1. The zero-order chi connectivity index (χ0) is 9.90. The van der Waals surface area contributed by atoms with Crippen molar-refractivity contribution in [3.8, 4) is 0 Å². The van der Waals surface area contributed by atoms with Crippen LogP contribution in [-0.2, 0) is 0 Å². The summed E-state index contributed by atoms with van der Waals surface area (Å²) in [5.74, 6) is 0.334. The van der Waals surface area contributed by atoms with Crippen molar-refractivity contribution in [1.82, 2.24) is 0 Å². The number of hydrogen-bond donors (Lipinski definition) is 0. The molecule has 1 atom stereocenters. The fraction of sp³-hybridized carbons (Fsp3) is 0.333. The van der Waals surface area contributed by atoms with Crippen LogP contribution in [0, 0.1) is 0 Å². The molecule has 0 aliphatic carbocycles. The first kappa shape index (κ1) is 11.4. The molecule has 72 valence electrons. The summed E-state index contributed by atoms with van der Waals surface area (Å²) in [5, 5.41) is 0. The fourth-order valence-electron chi connectivity index (χ4n) is 1.25. The van der Waals surface area contributed by atoms with Gasteiger partial charge in [0.25, 0.3) is 0 Å². The summed E-state index contributed by atoms with van der Waals surface area (Å²) < 4.78 is 0. The topological polar surface area (TPSA) is 0 Å². The second-order valence-corrected chi connectivity index (χ2v) is 12.3. The van der Waals surface area contributed by atoms with Gasteiger partial charge in [-0.1, -0.05) is 37.3 Å². The zero-order valence-electron chi connectivity index (χ0n) is 7.31. The van der Waals surface area contributed by atoms with Gasteiger partial charge in [0.05, 0.1) is 0 Å². The molecule has 1 rings (SSSR count). The maximum Gasteiger partial charge on any atom is 0.342 e. The molecule has 0 radical (unpaired) electrons. The minimum atomic E-state index is -2.49. The Kier molecular flexibility index (Phi) is 4.11. The first-order valence-electron chi connectivity index (χ1n) is 4.11. The van der Waals surface area contributed by atoms with Gasteiger partial charge >= 0.3 is 6.00 Å². The molecule has 0 aliphatic heterocycles. The summed E-state index contributed by atoms with van der Waals surface area (Å²) in [7, 11) is 0. The molecule has 0 unspecified atom stereocenters. The van der Waals surface area contributed by atoms with E-state index >= 15 is 0 Å². The first-order chi connectivity index (χ1) is 5.99. The van der Waals surface area contributed by atoms with Crippen molar-refractivity contribution >= 4 is 39.2 Å². The van der Waals surface area contributed by atoms with Crippen molar-refractivity contribution in [3.05, 3.63) is 35.9 Å². The molecule has 0 nitrogen and oxygen atoms in total. The van der Waals surface area contributed by atoms with E-state index in [2.05, 4.69) is 19.1 Å². The molecule has 13 heavy (non-hydrogen) atoms. The van der Waals surface area contributed by atoms with Gasteiger partial charge in [0.15, 0.2) is 0 Å².